The zero-order chi connectivity index (χ0) is 25.1. The molecule has 1 aliphatic carbocycles. The molecule has 9 nitrogen and oxygen atoms in total. The van der Waals surface area contributed by atoms with E-state index in [0.717, 1.165) is 0 Å². The number of nitrogens with one attached hydrogen (secondary N) is 3. The van der Waals surface area contributed by atoms with E-state index < -0.39 is 5.97 Å². The van der Waals surface area contributed by atoms with Crippen molar-refractivity contribution in [2.24, 2.45) is 0 Å². The summed E-state index contributed by atoms with van der Waals surface area (Å²) in [5, 5.41) is 29.3. The Morgan fingerprint density at radius 3 is 2.46 bits per heavy atom. The zero-order valence-corrected chi connectivity index (χ0v) is 19.4. The van der Waals surface area contributed by atoms with Crippen LogP contribution < -0.4 is 21.4 Å². The van der Waals surface area contributed by atoms with Gasteiger partial charge in [0.15, 0.2) is 10.5 Å². The summed E-state index contributed by atoms with van der Waals surface area (Å²) in [5.41, 5.74) is 2.02. The summed E-state index contributed by atoms with van der Waals surface area (Å²) in [4.78, 5) is 35.1. The van der Waals surface area contributed by atoms with E-state index in [1.165, 1.54) is 37.3 Å². The molecule has 0 spiro atoms. The van der Waals surface area contributed by atoms with Crippen LogP contribution in [0.2, 0.25) is 0 Å². The highest BCUT2D eigenvalue weighted by Gasteiger charge is 2.22. The standard InChI is InChI=1S/C25H21N3O6S/c1-13(29)26-8-9-27-25(35)28-14-2-5-17(20(10-14)24(32)33)23-18-6-3-15(30)11-21(18)34-22-12-16(31)4-7-19(22)23/h2-7,10-12,30H,8-9H2,1H3,(H,26,29)(H,32,33)(H2,27,28,35). The van der Waals surface area contributed by atoms with Crippen LogP contribution >= 0.6 is 12.2 Å². The maximum Gasteiger partial charge on any atom is 0.336 e. The monoisotopic (exact) mass is 491 g/mol. The second kappa shape index (κ2) is 9.82. The van der Waals surface area contributed by atoms with Gasteiger partial charge in [0.05, 0.1) is 5.56 Å². The summed E-state index contributed by atoms with van der Waals surface area (Å²) < 4.78 is 5.84. The Morgan fingerprint density at radius 1 is 0.971 bits per heavy atom. The second-order valence-electron chi connectivity index (χ2n) is 7.74. The molecule has 0 bridgehead atoms. The molecule has 1 heterocycles. The summed E-state index contributed by atoms with van der Waals surface area (Å²) in [5.74, 6) is -1.06. The fourth-order valence-electron chi connectivity index (χ4n) is 3.76. The van der Waals surface area contributed by atoms with E-state index in [0.29, 0.717) is 46.4 Å². The first-order chi connectivity index (χ1) is 16.7. The van der Waals surface area contributed by atoms with Crippen LogP contribution in [0.4, 0.5) is 5.69 Å². The number of carbonyl (C=O) groups is 2. The van der Waals surface area contributed by atoms with Crippen molar-refractivity contribution in [1.82, 2.24) is 10.6 Å². The molecular formula is C25H21N3O6S. The Hall–Kier alpha value is -4.44. The van der Waals surface area contributed by atoms with Gasteiger partial charge in [-0.15, -0.1) is 0 Å². The minimum atomic E-state index is -1.16. The van der Waals surface area contributed by atoms with Crippen molar-refractivity contribution in [3.8, 4) is 28.2 Å². The van der Waals surface area contributed by atoms with Gasteiger partial charge in [0.25, 0.3) is 0 Å². The fraction of sp³-hybridized carbons (Fsp3) is 0.120. The molecule has 1 aliphatic heterocycles. The summed E-state index contributed by atoms with van der Waals surface area (Å²) in [6, 6.07) is 13.6. The maximum atomic E-state index is 12.3. The molecule has 0 unspecified atom stereocenters. The van der Waals surface area contributed by atoms with Crippen molar-refractivity contribution in [1.29, 1.82) is 0 Å². The van der Waals surface area contributed by atoms with E-state index in [1.807, 2.05) is 0 Å². The van der Waals surface area contributed by atoms with Crippen LogP contribution in [-0.2, 0) is 4.79 Å². The smallest absolute Gasteiger partial charge is 0.336 e. The molecule has 0 aromatic heterocycles. The Kier molecular flexibility index (Phi) is 6.65. The maximum absolute atomic E-state index is 12.3. The van der Waals surface area contributed by atoms with E-state index in [-0.39, 0.29) is 33.5 Å². The van der Waals surface area contributed by atoms with E-state index in [1.54, 1.807) is 24.3 Å². The molecule has 0 fully saturated rings. The molecule has 0 radical (unpaired) electrons. The molecule has 5 N–H and O–H groups in total. The van der Waals surface area contributed by atoms with Crippen molar-refractivity contribution in [2.45, 2.75) is 6.92 Å². The topological polar surface area (TPSA) is 141 Å². The van der Waals surface area contributed by atoms with Crippen LogP contribution in [0.5, 0.6) is 5.75 Å². The van der Waals surface area contributed by atoms with E-state index in [4.69, 9.17) is 16.6 Å². The van der Waals surface area contributed by atoms with Gasteiger partial charge in [0, 0.05) is 54.3 Å². The number of fused-ring (bicyclic) bond motifs is 2. The molecule has 178 valence electrons. The zero-order valence-electron chi connectivity index (χ0n) is 18.5. The lowest BCUT2D eigenvalue weighted by Gasteiger charge is -2.18. The van der Waals surface area contributed by atoms with Crippen molar-refractivity contribution < 1.29 is 24.2 Å². The number of aromatic hydroxyl groups is 1. The third-order valence-corrected chi connectivity index (χ3v) is 5.48. The number of rotatable bonds is 6. The van der Waals surface area contributed by atoms with Gasteiger partial charge in [-0.25, -0.2) is 4.79 Å². The van der Waals surface area contributed by atoms with E-state index in [9.17, 15) is 24.6 Å². The lowest BCUT2D eigenvalue weighted by molar-refractivity contribution is -0.118. The summed E-state index contributed by atoms with van der Waals surface area (Å²) in [7, 11) is 0. The van der Waals surface area contributed by atoms with Gasteiger partial charge in [-0.05, 0) is 54.2 Å². The van der Waals surface area contributed by atoms with Gasteiger partial charge >= 0.3 is 5.97 Å². The van der Waals surface area contributed by atoms with Crippen LogP contribution in [0.25, 0.3) is 33.4 Å². The predicted octanol–water partition coefficient (Wildman–Crippen LogP) is 3.39. The van der Waals surface area contributed by atoms with Crippen molar-refractivity contribution in [2.75, 3.05) is 18.4 Å². The molecule has 35 heavy (non-hydrogen) atoms. The number of thiocarbonyl (C=S) groups is 1. The molecule has 2 aliphatic rings. The Morgan fingerprint density at radius 2 is 1.71 bits per heavy atom. The average Bonchev–Trinajstić information content (AvgIpc) is 2.80. The molecule has 10 heteroatoms. The number of benzene rings is 3. The summed E-state index contributed by atoms with van der Waals surface area (Å²) in [6.07, 6.45) is 0. The predicted molar refractivity (Wildman–Crippen MR) is 136 cm³/mol. The van der Waals surface area contributed by atoms with Crippen molar-refractivity contribution >= 4 is 45.9 Å². The van der Waals surface area contributed by atoms with Gasteiger partial charge in [0.2, 0.25) is 5.91 Å². The fourth-order valence-corrected chi connectivity index (χ4v) is 3.98. The van der Waals surface area contributed by atoms with Crippen LogP contribution in [0.3, 0.4) is 0 Å². The number of aromatic carboxylic acids is 1. The quantitative estimate of drug-likeness (QED) is 0.156. The van der Waals surface area contributed by atoms with Gasteiger partial charge in [-0.3, -0.25) is 9.59 Å². The first kappa shape index (κ1) is 23.7. The SMILES string of the molecule is CC(=O)NCCNC(=S)Nc1ccc(-c2c3ccc(=O)cc-3oc3cc(O)ccc23)c(C(=O)O)c1. The number of amides is 1. The lowest BCUT2D eigenvalue weighted by Crippen LogP contribution is -2.35. The van der Waals surface area contributed by atoms with Gasteiger partial charge in [-0.2, -0.15) is 0 Å². The van der Waals surface area contributed by atoms with Crippen LogP contribution in [0.1, 0.15) is 17.3 Å². The number of phenolic OH excluding ortho intramolecular Hbond substituents is 1. The first-order valence-electron chi connectivity index (χ1n) is 10.6. The third-order valence-electron chi connectivity index (χ3n) is 5.24. The molecule has 4 rings (SSSR count). The Bertz CT molecular complexity index is 1500. The molecular weight excluding hydrogens is 470 g/mol. The van der Waals surface area contributed by atoms with Crippen LogP contribution in [-0.4, -0.2) is 40.3 Å². The first-order valence-corrected chi connectivity index (χ1v) is 11.0. The largest absolute Gasteiger partial charge is 0.508 e. The number of hydrogen-bond donors (Lipinski definition) is 5. The highest BCUT2D eigenvalue weighted by molar-refractivity contribution is 7.80. The minimum Gasteiger partial charge on any atom is -0.508 e. The Balaban J connectivity index is 1.76. The number of carbonyl (C=O) groups excluding carboxylic acids is 1. The second-order valence-corrected chi connectivity index (χ2v) is 8.15. The van der Waals surface area contributed by atoms with Gasteiger partial charge in [0.1, 0.15) is 17.1 Å². The van der Waals surface area contributed by atoms with Gasteiger partial charge in [-0.1, -0.05) is 6.07 Å². The number of carboxylic acids is 1. The summed E-state index contributed by atoms with van der Waals surface area (Å²) >= 11 is 5.25. The lowest BCUT2D eigenvalue weighted by atomic mass is 9.90. The molecule has 0 saturated heterocycles. The number of anilines is 1. The Labute approximate surface area is 204 Å². The number of carboxylic acid groups (broad SMARTS) is 1. The highest BCUT2D eigenvalue weighted by atomic mass is 32.1. The average molecular weight is 492 g/mol. The third kappa shape index (κ3) is 5.22. The molecule has 0 saturated carbocycles. The van der Waals surface area contributed by atoms with E-state index >= 15 is 0 Å². The molecule has 0 atom stereocenters. The van der Waals surface area contributed by atoms with E-state index in [2.05, 4.69) is 16.0 Å². The minimum absolute atomic E-state index is 0.00382. The van der Waals surface area contributed by atoms with Crippen molar-refractivity contribution in [3.63, 3.8) is 0 Å². The number of hydrogen-bond acceptors (Lipinski definition) is 6. The number of phenols is 1. The molecule has 1 amide bonds. The molecule has 2 aromatic carbocycles. The normalized spacial score (nSPS) is 10.8. The van der Waals surface area contributed by atoms with Crippen LogP contribution in [0.15, 0.2) is 63.8 Å². The summed E-state index contributed by atoms with van der Waals surface area (Å²) in [6.45, 7) is 2.20. The molecule has 2 aromatic rings. The highest BCUT2D eigenvalue weighted by Crippen LogP contribution is 2.42. The van der Waals surface area contributed by atoms with Gasteiger partial charge < -0.3 is 30.6 Å². The van der Waals surface area contributed by atoms with Crippen molar-refractivity contribution in [3.05, 3.63) is 70.4 Å². The van der Waals surface area contributed by atoms with Crippen LogP contribution in [0, 0.1) is 0 Å².